The molecule has 27 heavy (non-hydrogen) atoms. The predicted octanol–water partition coefficient (Wildman–Crippen LogP) is 6.17. The van der Waals surface area contributed by atoms with E-state index in [9.17, 15) is 0 Å². The van der Waals surface area contributed by atoms with Gasteiger partial charge in [-0.2, -0.15) is 0 Å². The normalized spacial score (nSPS) is 13.3. The van der Waals surface area contributed by atoms with Crippen LogP contribution >= 0.6 is 0 Å². The molecule has 2 N–H and O–H groups in total. The molecule has 130 valence electrons. The Kier molecular flexibility index (Phi) is 3.68. The van der Waals surface area contributed by atoms with Gasteiger partial charge in [-0.3, -0.25) is 0 Å². The van der Waals surface area contributed by atoms with Crippen molar-refractivity contribution in [1.82, 2.24) is 4.57 Å². The van der Waals surface area contributed by atoms with E-state index in [1.807, 2.05) is 12.1 Å². The molecule has 2 heteroatoms. The summed E-state index contributed by atoms with van der Waals surface area (Å²) in [6.45, 7) is 0. The third kappa shape index (κ3) is 2.67. The molecule has 0 atom stereocenters. The highest BCUT2D eigenvalue weighted by Gasteiger charge is 2.18. The number of rotatable bonds is 2. The number of nitrogen functional groups attached to an aromatic ring is 1. The Hall–Kier alpha value is -3.52. The van der Waals surface area contributed by atoms with Gasteiger partial charge in [0.15, 0.2) is 0 Å². The zero-order valence-electron chi connectivity index (χ0n) is 15.0. The van der Waals surface area contributed by atoms with Crippen LogP contribution in [0.1, 0.15) is 23.2 Å². The summed E-state index contributed by atoms with van der Waals surface area (Å²) in [5.41, 5.74) is 14.3. The quantitative estimate of drug-likeness (QED) is 0.431. The van der Waals surface area contributed by atoms with E-state index in [1.165, 1.54) is 27.8 Å². The van der Waals surface area contributed by atoms with E-state index in [0.29, 0.717) is 0 Å². The van der Waals surface area contributed by atoms with Crippen LogP contribution in [0.4, 0.5) is 5.69 Å². The van der Waals surface area contributed by atoms with Crippen LogP contribution in [0, 0.1) is 0 Å². The number of para-hydroxylation sites is 1. The lowest BCUT2D eigenvalue weighted by Crippen LogP contribution is -1.97. The Labute approximate surface area is 158 Å². The lowest BCUT2D eigenvalue weighted by Gasteiger charge is -2.09. The summed E-state index contributed by atoms with van der Waals surface area (Å²) >= 11 is 0. The minimum atomic E-state index is 0.781. The van der Waals surface area contributed by atoms with Gasteiger partial charge < -0.3 is 10.3 Å². The van der Waals surface area contributed by atoms with E-state index >= 15 is 0 Å². The Morgan fingerprint density at radius 3 is 2.33 bits per heavy atom. The van der Waals surface area contributed by atoms with Crippen LogP contribution in [0.25, 0.3) is 34.3 Å². The van der Waals surface area contributed by atoms with Crippen LogP contribution in [-0.2, 0) is 0 Å². The molecule has 2 nitrogen and oxygen atoms in total. The van der Waals surface area contributed by atoms with Gasteiger partial charge >= 0.3 is 0 Å². The first-order valence-electron chi connectivity index (χ1n) is 9.23. The van der Waals surface area contributed by atoms with Crippen LogP contribution in [-0.4, -0.2) is 4.57 Å². The maximum absolute atomic E-state index is 6.13. The second kappa shape index (κ2) is 6.33. The SMILES string of the molecule is Nc1ccc2c3c(n(-c4ccccc4)c2c1)C=CCC(c1ccccc1)=C3. The molecular weight excluding hydrogens is 328 g/mol. The van der Waals surface area contributed by atoms with Crippen LogP contribution in [0.5, 0.6) is 0 Å². The summed E-state index contributed by atoms with van der Waals surface area (Å²) in [6.07, 6.45) is 7.75. The fourth-order valence-corrected chi connectivity index (χ4v) is 3.90. The van der Waals surface area contributed by atoms with Gasteiger partial charge in [-0.25, -0.2) is 0 Å². The molecule has 0 amide bonds. The average molecular weight is 348 g/mol. The molecule has 4 aromatic rings. The standard InChI is InChI=1S/C25H20N2/c26-20-14-15-22-23-16-19(18-8-3-1-4-9-18)10-7-13-24(23)27(25(22)17-20)21-11-5-2-6-12-21/h1-9,11-17H,10,26H2. The van der Waals surface area contributed by atoms with Crippen molar-refractivity contribution in [1.29, 1.82) is 0 Å². The van der Waals surface area contributed by atoms with E-state index in [0.717, 1.165) is 23.3 Å². The van der Waals surface area contributed by atoms with Crippen molar-refractivity contribution in [2.45, 2.75) is 6.42 Å². The van der Waals surface area contributed by atoms with E-state index in [4.69, 9.17) is 5.73 Å². The predicted molar refractivity (Wildman–Crippen MR) is 116 cm³/mol. The molecule has 0 bridgehead atoms. The Morgan fingerprint density at radius 2 is 1.56 bits per heavy atom. The summed E-state index contributed by atoms with van der Waals surface area (Å²) in [7, 11) is 0. The van der Waals surface area contributed by atoms with Gasteiger partial charge in [0, 0.05) is 22.3 Å². The summed E-state index contributed by atoms with van der Waals surface area (Å²) in [5.74, 6) is 0. The summed E-state index contributed by atoms with van der Waals surface area (Å²) in [6, 6.07) is 27.3. The monoisotopic (exact) mass is 348 g/mol. The average Bonchev–Trinajstić information content (AvgIpc) is 2.86. The largest absolute Gasteiger partial charge is 0.399 e. The molecule has 5 rings (SSSR count). The van der Waals surface area contributed by atoms with Crippen molar-refractivity contribution in [2.24, 2.45) is 0 Å². The third-order valence-corrected chi connectivity index (χ3v) is 5.16. The smallest absolute Gasteiger partial charge is 0.0561 e. The van der Waals surface area contributed by atoms with Gasteiger partial charge in [-0.05, 0) is 54.0 Å². The molecule has 1 heterocycles. The molecule has 0 spiro atoms. The Bertz CT molecular complexity index is 1180. The first-order valence-corrected chi connectivity index (χ1v) is 9.23. The number of nitrogens with zero attached hydrogens (tertiary/aromatic N) is 1. The Morgan fingerprint density at radius 1 is 0.815 bits per heavy atom. The highest BCUT2D eigenvalue weighted by atomic mass is 15.0. The molecule has 1 aliphatic rings. The van der Waals surface area contributed by atoms with Crippen LogP contribution < -0.4 is 5.73 Å². The van der Waals surface area contributed by atoms with Crippen molar-refractivity contribution in [3.63, 3.8) is 0 Å². The molecular formula is C25H20N2. The number of nitrogens with two attached hydrogens (primary N) is 1. The molecule has 0 fully saturated rings. The molecule has 0 saturated heterocycles. The minimum Gasteiger partial charge on any atom is -0.399 e. The summed E-state index contributed by atoms with van der Waals surface area (Å²) in [5, 5.41) is 1.23. The molecule has 0 saturated carbocycles. The molecule has 1 aromatic heterocycles. The first kappa shape index (κ1) is 15.7. The highest BCUT2D eigenvalue weighted by Crippen LogP contribution is 2.37. The number of hydrogen-bond acceptors (Lipinski definition) is 1. The van der Waals surface area contributed by atoms with Crippen molar-refractivity contribution in [2.75, 3.05) is 5.73 Å². The molecule has 3 aromatic carbocycles. The van der Waals surface area contributed by atoms with E-state index < -0.39 is 0 Å². The molecule has 0 aliphatic heterocycles. The van der Waals surface area contributed by atoms with Gasteiger partial charge in [-0.15, -0.1) is 0 Å². The van der Waals surface area contributed by atoms with Crippen molar-refractivity contribution in [3.8, 4) is 5.69 Å². The van der Waals surface area contributed by atoms with E-state index in [1.54, 1.807) is 0 Å². The number of hydrogen-bond donors (Lipinski definition) is 1. The number of anilines is 1. The lowest BCUT2D eigenvalue weighted by molar-refractivity contribution is 1.11. The molecule has 1 aliphatic carbocycles. The summed E-state index contributed by atoms with van der Waals surface area (Å²) < 4.78 is 2.31. The lowest BCUT2D eigenvalue weighted by atomic mass is 10.0. The number of benzene rings is 3. The number of fused-ring (bicyclic) bond motifs is 3. The fourth-order valence-electron chi connectivity index (χ4n) is 3.90. The number of aromatic nitrogens is 1. The van der Waals surface area contributed by atoms with Crippen molar-refractivity contribution >= 4 is 34.3 Å². The maximum Gasteiger partial charge on any atom is 0.0561 e. The zero-order chi connectivity index (χ0) is 18.2. The van der Waals surface area contributed by atoms with Gasteiger partial charge in [-0.1, -0.05) is 60.7 Å². The molecule has 0 radical (unpaired) electrons. The van der Waals surface area contributed by atoms with Gasteiger partial charge in [0.2, 0.25) is 0 Å². The van der Waals surface area contributed by atoms with Gasteiger partial charge in [0.05, 0.1) is 11.2 Å². The van der Waals surface area contributed by atoms with Crippen molar-refractivity contribution in [3.05, 3.63) is 102 Å². The highest BCUT2D eigenvalue weighted by molar-refractivity contribution is 6.01. The molecule has 0 unspecified atom stereocenters. The summed E-state index contributed by atoms with van der Waals surface area (Å²) in [4.78, 5) is 0. The Balaban J connectivity index is 1.83. The fraction of sp³-hybridized carbons (Fsp3) is 0.0400. The second-order valence-electron chi connectivity index (χ2n) is 6.89. The second-order valence-corrected chi connectivity index (χ2v) is 6.89. The van der Waals surface area contributed by atoms with E-state index in [2.05, 4.69) is 89.5 Å². The first-order chi connectivity index (χ1) is 13.3. The van der Waals surface area contributed by atoms with E-state index in [-0.39, 0.29) is 0 Å². The number of allylic oxidation sites excluding steroid dienone is 2. The topological polar surface area (TPSA) is 30.9 Å². The van der Waals surface area contributed by atoms with Crippen LogP contribution in [0.3, 0.4) is 0 Å². The third-order valence-electron chi connectivity index (χ3n) is 5.16. The van der Waals surface area contributed by atoms with Crippen LogP contribution in [0.2, 0.25) is 0 Å². The van der Waals surface area contributed by atoms with Crippen LogP contribution in [0.15, 0.2) is 84.9 Å². The maximum atomic E-state index is 6.13. The van der Waals surface area contributed by atoms with Crippen molar-refractivity contribution < 1.29 is 0 Å². The van der Waals surface area contributed by atoms with Gasteiger partial charge in [0.25, 0.3) is 0 Å². The zero-order valence-corrected chi connectivity index (χ0v) is 15.0. The minimum absolute atomic E-state index is 0.781. The van der Waals surface area contributed by atoms with Gasteiger partial charge in [0.1, 0.15) is 0 Å².